The summed E-state index contributed by atoms with van der Waals surface area (Å²) in [7, 11) is 2.21. The Balaban J connectivity index is 1.30. The van der Waals surface area contributed by atoms with Gasteiger partial charge in [0, 0.05) is 45.1 Å². The second-order valence-corrected chi connectivity index (χ2v) is 9.89. The summed E-state index contributed by atoms with van der Waals surface area (Å²) >= 11 is 0. The van der Waals surface area contributed by atoms with Crippen LogP contribution in [0.15, 0.2) is 42.7 Å². The molecule has 32 heavy (non-hydrogen) atoms. The summed E-state index contributed by atoms with van der Waals surface area (Å²) in [5.41, 5.74) is 5.02. The molecule has 0 amide bonds. The van der Waals surface area contributed by atoms with Gasteiger partial charge in [0.25, 0.3) is 0 Å². The lowest BCUT2D eigenvalue weighted by molar-refractivity contribution is 0.0780. The van der Waals surface area contributed by atoms with Crippen LogP contribution in [0.1, 0.15) is 48.7 Å². The zero-order chi connectivity index (χ0) is 21.5. The smallest absolute Gasteiger partial charge is 0.138 e. The number of nitrogens with zero attached hydrogens (tertiary/aromatic N) is 6. The van der Waals surface area contributed by atoms with Crippen molar-refractivity contribution >= 4 is 11.5 Å². The van der Waals surface area contributed by atoms with Gasteiger partial charge in [0.05, 0.1) is 17.4 Å². The number of anilines is 1. The van der Waals surface area contributed by atoms with Crippen molar-refractivity contribution < 1.29 is 0 Å². The highest BCUT2D eigenvalue weighted by Gasteiger charge is 2.36. The van der Waals surface area contributed by atoms with Gasteiger partial charge in [0.15, 0.2) is 0 Å². The molecule has 2 saturated heterocycles. The van der Waals surface area contributed by atoms with E-state index in [0.717, 1.165) is 50.8 Å². The van der Waals surface area contributed by atoms with Gasteiger partial charge in [0.2, 0.25) is 0 Å². The lowest BCUT2D eigenvalue weighted by atomic mass is 9.85. The van der Waals surface area contributed by atoms with E-state index in [-0.39, 0.29) is 0 Å². The molecule has 1 aliphatic carbocycles. The average molecular weight is 431 g/mol. The molecule has 0 unspecified atom stereocenters. The van der Waals surface area contributed by atoms with E-state index in [0.29, 0.717) is 6.04 Å². The maximum absolute atomic E-state index is 5.06. The van der Waals surface area contributed by atoms with E-state index in [1.807, 2.05) is 6.20 Å². The number of fused-ring (bicyclic) bond motifs is 4. The number of piperidine rings is 1. The van der Waals surface area contributed by atoms with Gasteiger partial charge in [0.1, 0.15) is 11.5 Å². The van der Waals surface area contributed by atoms with Crippen molar-refractivity contribution in [2.24, 2.45) is 5.92 Å². The van der Waals surface area contributed by atoms with Crippen LogP contribution in [0.2, 0.25) is 0 Å². The maximum Gasteiger partial charge on any atom is 0.138 e. The molecular weight excluding hydrogens is 396 g/mol. The van der Waals surface area contributed by atoms with Gasteiger partial charge >= 0.3 is 0 Å². The van der Waals surface area contributed by atoms with E-state index < -0.39 is 0 Å². The molecular formula is C26H34N6. The first-order chi connectivity index (χ1) is 15.8. The Bertz CT molecular complexity index is 1080. The van der Waals surface area contributed by atoms with E-state index in [1.165, 1.54) is 54.9 Å². The monoisotopic (exact) mass is 430 g/mol. The molecule has 2 fully saturated rings. The molecule has 6 heteroatoms. The Morgan fingerprint density at radius 1 is 0.969 bits per heavy atom. The molecule has 2 aliphatic heterocycles. The molecule has 6 rings (SSSR count). The summed E-state index contributed by atoms with van der Waals surface area (Å²) in [6.07, 6.45) is 10.7. The van der Waals surface area contributed by atoms with Gasteiger partial charge < -0.3 is 9.80 Å². The second-order valence-electron chi connectivity index (χ2n) is 9.89. The van der Waals surface area contributed by atoms with Crippen LogP contribution in [-0.2, 0) is 13.0 Å². The van der Waals surface area contributed by atoms with Crippen LogP contribution in [0.25, 0.3) is 5.65 Å². The quantitative estimate of drug-likeness (QED) is 0.633. The van der Waals surface area contributed by atoms with Gasteiger partial charge in [-0.3, -0.25) is 14.3 Å². The summed E-state index contributed by atoms with van der Waals surface area (Å²) in [5, 5.41) is 0. The van der Waals surface area contributed by atoms with Crippen LogP contribution in [0.4, 0.5) is 5.82 Å². The Morgan fingerprint density at radius 2 is 1.84 bits per heavy atom. The molecule has 3 aliphatic rings. The third-order valence-electron chi connectivity index (χ3n) is 7.80. The van der Waals surface area contributed by atoms with Crippen LogP contribution < -0.4 is 4.90 Å². The summed E-state index contributed by atoms with van der Waals surface area (Å²) in [5.74, 6) is 1.99. The lowest BCUT2D eigenvalue weighted by Crippen LogP contribution is -2.45. The normalized spacial score (nSPS) is 24.8. The minimum atomic E-state index is 0.435. The number of likely N-dealkylation sites (tertiary alicyclic amines) is 1. The largest absolute Gasteiger partial charge is 0.355 e. The Hall–Kier alpha value is -2.44. The van der Waals surface area contributed by atoms with Crippen molar-refractivity contribution in [3.63, 3.8) is 0 Å². The molecule has 0 bridgehead atoms. The first-order valence-corrected chi connectivity index (χ1v) is 12.3. The fraction of sp³-hybridized carbons (Fsp3) is 0.538. The van der Waals surface area contributed by atoms with Gasteiger partial charge in [-0.1, -0.05) is 12.1 Å². The lowest BCUT2D eigenvalue weighted by Gasteiger charge is -2.40. The summed E-state index contributed by atoms with van der Waals surface area (Å²) in [6.45, 7) is 6.41. The summed E-state index contributed by atoms with van der Waals surface area (Å²) in [6, 6.07) is 11.4. The molecule has 2 atom stereocenters. The minimum Gasteiger partial charge on any atom is -0.355 e. The SMILES string of the molecule is CN1CCN(c2cccc3nc(CN4CCC[C@H]5CCCc6cccnc6[C@H]54)cn23)CC1. The van der Waals surface area contributed by atoms with Crippen molar-refractivity contribution in [1.82, 2.24) is 24.2 Å². The minimum absolute atomic E-state index is 0.435. The fourth-order valence-electron chi connectivity index (χ4n) is 6.13. The van der Waals surface area contributed by atoms with Crippen molar-refractivity contribution in [2.45, 2.75) is 44.7 Å². The number of likely N-dealkylation sites (N-methyl/N-ethyl adjacent to an activating group) is 1. The highest BCUT2D eigenvalue weighted by Crippen LogP contribution is 2.42. The van der Waals surface area contributed by atoms with Gasteiger partial charge in [-0.25, -0.2) is 4.98 Å². The van der Waals surface area contributed by atoms with E-state index in [9.17, 15) is 0 Å². The van der Waals surface area contributed by atoms with Crippen molar-refractivity contribution in [3.05, 3.63) is 59.7 Å². The van der Waals surface area contributed by atoms with E-state index in [1.54, 1.807) is 0 Å². The highest BCUT2D eigenvalue weighted by molar-refractivity contribution is 5.53. The zero-order valence-electron chi connectivity index (χ0n) is 19.2. The van der Waals surface area contributed by atoms with Gasteiger partial charge in [-0.2, -0.15) is 0 Å². The Labute approximate surface area is 190 Å². The predicted molar refractivity (Wildman–Crippen MR) is 128 cm³/mol. The predicted octanol–water partition coefficient (Wildman–Crippen LogP) is 3.77. The number of imidazole rings is 1. The summed E-state index contributed by atoms with van der Waals surface area (Å²) in [4.78, 5) is 17.5. The topological polar surface area (TPSA) is 39.9 Å². The van der Waals surface area contributed by atoms with Crippen LogP contribution in [0, 0.1) is 5.92 Å². The van der Waals surface area contributed by atoms with Gasteiger partial charge in [-0.15, -0.1) is 0 Å². The molecule has 0 N–H and O–H groups in total. The van der Waals surface area contributed by atoms with Crippen LogP contribution in [0.5, 0.6) is 0 Å². The number of pyridine rings is 2. The van der Waals surface area contributed by atoms with Crippen LogP contribution in [-0.4, -0.2) is 63.9 Å². The first-order valence-electron chi connectivity index (χ1n) is 12.3. The van der Waals surface area contributed by atoms with E-state index in [4.69, 9.17) is 9.97 Å². The second kappa shape index (κ2) is 8.49. The Kier molecular flexibility index (Phi) is 5.35. The molecule has 0 aromatic carbocycles. The van der Waals surface area contributed by atoms with Gasteiger partial charge in [-0.05, 0) is 75.4 Å². The zero-order valence-corrected chi connectivity index (χ0v) is 19.2. The Morgan fingerprint density at radius 3 is 2.75 bits per heavy atom. The average Bonchev–Trinajstić information content (AvgIpc) is 3.13. The van der Waals surface area contributed by atoms with Crippen LogP contribution in [0.3, 0.4) is 0 Å². The third kappa shape index (κ3) is 3.69. The van der Waals surface area contributed by atoms with E-state index in [2.05, 4.69) is 62.7 Å². The first kappa shape index (κ1) is 20.2. The molecule has 168 valence electrons. The molecule has 0 radical (unpaired) electrons. The van der Waals surface area contributed by atoms with Crippen molar-refractivity contribution in [2.75, 3.05) is 44.7 Å². The molecule has 5 heterocycles. The molecule has 6 nitrogen and oxygen atoms in total. The van der Waals surface area contributed by atoms with Crippen molar-refractivity contribution in [1.29, 1.82) is 0 Å². The number of rotatable bonds is 3. The third-order valence-corrected chi connectivity index (χ3v) is 7.80. The maximum atomic E-state index is 5.06. The van der Waals surface area contributed by atoms with Crippen molar-refractivity contribution in [3.8, 4) is 0 Å². The fourth-order valence-corrected chi connectivity index (χ4v) is 6.13. The molecule has 3 aromatic heterocycles. The molecule has 0 spiro atoms. The van der Waals surface area contributed by atoms with Crippen LogP contribution >= 0.6 is 0 Å². The summed E-state index contributed by atoms with van der Waals surface area (Å²) < 4.78 is 2.31. The molecule has 0 saturated carbocycles. The standard InChI is InChI=1S/C26H34N6/c1-29-14-16-30(17-15-29)24-11-3-10-23-28-22(19-32(23)24)18-31-13-5-9-21-7-2-6-20-8-4-12-27-25(20)26(21)31/h3-4,8,10-12,19,21,26H,2,5-7,9,13-18H2,1H3/t21-,26+/m1/s1. The number of hydrogen-bond acceptors (Lipinski definition) is 5. The molecule has 3 aromatic rings. The number of piperazine rings is 1. The number of aryl methyl sites for hydroxylation is 1. The number of aromatic nitrogens is 3. The highest BCUT2D eigenvalue weighted by atomic mass is 15.3. The van der Waals surface area contributed by atoms with E-state index >= 15 is 0 Å². The number of hydrogen-bond donors (Lipinski definition) is 0.